The van der Waals surface area contributed by atoms with Crippen molar-refractivity contribution in [1.82, 2.24) is 5.32 Å². The molecule has 0 saturated carbocycles. The summed E-state index contributed by atoms with van der Waals surface area (Å²) >= 11 is 0. The van der Waals surface area contributed by atoms with E-state index < -0.39 is 20.0 Å². The number of likely N-dealkylation sites (N-methyl/N-ethyl adjacent to an activating group) is 1. The van der Waals surface area contributed by atoms with E-state index in [1.807, 2.05) is 21.1 Å². The van der Waals surface area contributed by atoms with Crippen molar-refractivity contribution in [2.45, 2.75) is 283 Å². The molecule has 0 aliphatic carbocycles. The Bertz CT molecular complexity index is 1560. The molecule has 1 amide bonds. The van der Waals surface area contributed by atoms with Gasteiger partial charge in [-0.25, -0.2) is 4.57 Å². The molecule has 0 heterocycles. The van der Waals surface area contributed by atoms with Crippen LogP contribution in [0.4, 0.5) is 0 Å². The fourth-order valence-electron chi connectivity index (χ4n) is 8.95. The molecule has 3 N–H and O–H groups in total. The summed E-state index contributed by atoms with van der Waals surface area (Å²) in [5.41, 5.74) is 0. The van der Waals surface area contributed by atoms with E-state index >= 15 is 0 Å². The Kier molecular flexibility index (Phi) is 55.2. The third kappa shape index (κ3) is 59.1. The lowest BCUT2D eigenvalue weighted by molar-refractivity contribution is -0.870. The number of phosphoric ester groups is 1. The highest BCUT2D eigenvalue weighted by atomic mass is 31.2. The first-order valence-corrected chi connectivity index (χ1v) is 33.1. The van der Waals surface area contributed by atoms with Gasteiger partial charge in [-0.1, -0.05) is 284 Å². The molecule has 0 fully saturated rings. The quantitative estimate of drug-likeness (QED) is 0.0243. The summed E-state index contributed by atoms with van der Waals surface area (Å²) in [5, 5.41) is 14.1. The van der Waals surface area contributed by atoms with Gasteiger partial charge in [0.2, 0.25) is 5.91 Å². The maximum absolute atomic E-state index is 13.0. The minimum atomic E-state index is -4.34. The second-order valence-electron chi connectivity index (χ2n) is 22.4. The minimum absolute atomic E-state index is 0.0645. The standard InChI is InChI=1S/C67H121N2O6P/c1-6-8-10-12-14-16-18-20-22-24-26-28-30-32-33-34-35-37-39-41-43-45-47-49-51-53-55-57-59-61-67(71)68-65(64-75-76(72,73)74-63-62-69(3,4)5)66(70)60-58-56-54-52-50-48-46-44-42-40-38-36-31-29-27-25-23-21-19-17-15-13-11-9-7-2/h8,10,14,16,20,22,26,28,32-33,35,37,41,43,47,49,65-66,70H,6-7,9,11-13,15,17-19,21,23-25,27,29-31,34,36,38-40,42,44-46,48,50-64H2,1-5H3,(H-,68,71,72,73)/p+1/b10-8-,16-14-,22-20-,28-26-,33-32-,37-35-,43-41-,49-47-. The second-order valence-corrected chi connectivity index (χ2v) is 23.9. The number of hydrogen-bond acceptors (Lipinski definition) is 5. The van der Waals surface area contributed by atoms with E-state index in [9.17, 15) is 19.4 Å². The zero-order valence-electron chi connectivity index (χ0n) is 50.2. The molecule has 0 spiro atoms. The van der Waals surface area contributed by atoms with Gasteiger partial charge >= 0.3 is 7.82 Å². The summed E-state index contributed by atoms with van der Waals surface area (Å²) in [7, 11) is 1.59. The van der Waals surface area contributed by atoms with Crippen LogP contribution in [0.1, 0.15) is 271 Å². The molecule has 0 saturated heterocycles. The Morgan fingerprint density at radius 2 is 0.789 bits per heavy atom. The van der Waals surface area contributed by atoms with Crippen molar-refractivity contribution in [2.75, 3.05) is 40.9 Å². The fraction of sp³-hybridized carbons (Fsp3) is 0.746. The van der Waals surface area contributed by atoms with Gasteiger partial charge in [-0.2, -0.15) is 0 Å². The molecule has 3 atom stereocenters. The zero-order chi connectivity index (χ0) is 55.6. The van der Waals surface area contributed by atoms with Crippen molar-refractivity contribution in [1.29, 1.82) is 0 Å². The molecule has 0 rings (SSSR count). The largest absolute Gasteiger partial charge is 0.472 e. The number of rotatable bonds is 57. The van der Waals surface area contributed by atoms with Crippen molar-refractivity contribution in [3.05, 3.63) is 97.2 Å². The maximum atomic E-state index is 13.0. The van der Waals surface area contributed by atoms with Crippen molar-refractivity contribution in [3.8, 4) is 0 Å². The summed E-state index contributed by atoms with van der Waals surface area (Å²) in [6.45, 7) is 4.77. The van der Waals surface area contributed by atoms with E-state index in [1.165, 1.54) is 141 Å². The van der Waals surface area contributed by atoms with Crippen LogP contribution in [0.25, 0.3) is 0 Å². The normalized spacial score (nSPS) is 14.5. The Hall–Kier alpha value is -2.58. The van der Waals surface area contributed by atoms with Gasteiger partial charge in [-0.05, 0) is 77.0 Å². The summed E-state index contributed by atoms with van der Waals surface area (Å²) in [6, 6.07) is -0.783. The lowest BCUT2D eigenvalue weighted by Gasteiger charge is -2.26. The molecular weight excluding hydrogens is 960 g/mol. The number of hydrogen-bond donors (Lipinski definition) is 3. The molecule has 440 valence electrons. The average Bonchev–Trinajstić information content (AvgIpc) is 3.38. The number of aliphatic hydroxyl groups excluding tert-OH is 1. The van der Waals surface area contributed by atoms with E-state index in [0.29, 0.717) is 23.9 Å². The number of quaternary nitrogens is 1. The van der Waals surface area contributed by atoms with E-state index in [-0.39, 0.29) is 19.1 Å². The fourth-order valence-corrected chi connectivity index (χ4v) is 9.68. The maximum Gasteiger partial charge on any atom is 0.472 e. The lowest BCUT2D eigenvalue weighted by Crippen LogP contribution is -2.46. The van der Waals surface area contributed by atoms with Gasteiger partial charge < -0.3 is 19.8 Å². The molecule has 0 aromatic carbocycles. The number of unbranched alkanes of at least 4 members (excludes halogenated alkanes) is 28. The van der Waals surface area contributed by atoms with Gasteiger partial charge in [-0.3, -0.25) is 13.8 Å². The van der Waals surface area contributed by atoms with Crippen molar-refractivity contribution < 1.29 is 32.9 Å². The molecule has 0 radical (unpaired) electrons. The van der Waals surface area contributed by atoms with Crippen molar-refractivity contribution in [2.24, 2.45) is 0 Å². The van der Waals surface area contributed by atoms with Crippen LogP contribution in [0.5, 0.6) is 0 Å². The number of phosphoric acid groups is 1. The van der Waals surface area contributed by atoms with Gasteiger partial charge in [0.25, 0.3) is 0 Å². The highest BCUT2D eigenvalue weighted by Gasteiger charge is 2.28. The first-order chi connectivity index (χ1) is 37.0. The van der Waals surface area contributed by atoms with Gasteiger partial charge in [0.15, 0.2) is 0 Å². The second kappa shape index (κ2) is 57.1. The molecule has 0 aromatic rings. The SMILES string of the molecule is CC/C=C\C/C=C\C/C=C\C/C=C\C/C=C\C/C=C\C/C=C\C/C=C\CCCCCCC(=O)NC(COP(=O)(O)OCC[N+](C)(C)C)C(O)CCCCCCCCCCCCCCCCCCCCCCCCCCC. The number of aliphatic hydroxyl groups is 1. The van der Waals surface area contributed by atoms with Gasteiger partial charge in [-0.15, -0.1) is 0 Å². The molecule has 0 aromatic heterocycles. The number of carbonyl (C=O) groups excluding carboxylic acids is 1. The van der Waals surface area contributed by atoms with E-state index in [1.54, 1.807) is 0 Å². The molecule has 9 heteroatoms. The first kappa shape index (κ1) is 73.4. The number of nitrogens with one attached hydrogen (secondary N) is 1. The predicted molar refractivity (Wildman–Crippen MR) is 332 cm³/mol. The molecule has 0 aliphatic heterocycles. The van der Waals surface area contributed by atoms with E-state index in [4.69, 9.17) is 9.05 Å². The third-order valence-electron chi connectivity index (χ3n) is 13.8. The van der Waals surface area contributed by atoms with Crippen molar-refractivity contribution in [3.63, 3.8) is 0 Å². The Labute approximate surface area is 470 Å². The Morgan fingerprint density at radius 1 is 0.461 bits per heavy atom. The first-order valence-electron chi connectivity index (χ1n) is 31.6. The Balaban J connectivity index is 4.22. The molecule has 0 aliphatic rings. The molecule has 8 nitrogen and oxygen atoms in total. The number of amides is 1. The van der Waals surface area contributed by atoms with Crippen LogP contribution in [0.15, 0.2) is 97.2 Å². The highest BCUT2D eigenvalue weighted by Crippen LogP contribution is 2.43. The van der Waals surface area contributed by atoms with E-state index in [2.05, 4.69) is 116 Å². The van der Waals surface area contributed by atoms with Crippen molar-refractivity contribution >= 4 is 13.7 Å². The van der Waals surface area contributed by atoms with Crippen LogP contribution in [-0.4, -0.2) is 73.4 Å². The number of carbonyl (C=O) groups is 1. The molecular formula is C67H122N2O6P+. The molecule has 3 unspecified atom stereocenters. The summed E-state index contributed by atoms with van der Waals surface area (Å²) in [6.07, 6.45) is 81.9. The third-order valence-corrected chi connectivity index (χ3v) is 14.8. The van der Waals surface area contributed by atoms with E-state index in [0.717, 1.165) is 103 Å². The lowest BCUT2D eigenvalue weighted by atomic mass is 10.0. The average molecular weight is 1080 g/mol. The van der Waals surface area contributed by atoms with Crippen LogP contribution in [0, 0.1) is 0 Å². The summed E-state index contributed by atoms with van der Waals surface area (Å²) in [5.74, 6) is -0.170. The number of nitrogens with zero attached hydrogens (tertiary/aromatic N) is 1. The Morgan fingerprint density at radius 3 is 1.16 bits per heavy atom. The molecule has 76 heavy (non-hydrogen) atoms. The summed E-state index contributed by atoms with van der Waals surface area (Å²) in [4.78, 5) is 23.4. The van der Waals surface area contributed by atoms with Crippen LogP contribution in [-0.2, 0) is 18.4 Å². The zero-order valence-corrected chi connectivity index (χ0v) is 51.1. The summed E-state index contributed by atoms with van der Waals surface area (Å²) < 4.78 is 23.8. The van der Waals surface area contributed by atoms with Crippen LogP contribution >= 0.6 is 7.82 Å². The monoisotopic (exact) mass is 1080 g/mol. The highest BCUT2D eigenvalue weighted by molar-refractivity contribution is 7.47. The topological polar surface area (TPSA) is 105 Å². The number of allylic oxidation sites excluding steroid dienone is 16. The van der Waals surface area contributed by atoms with Gasteiger partial charge in [0.05, 0.1) is 39.9 Å². The molecule has 0 bridgehead atoms. The minimum Gasteiger partial charge on any atom is -0.391 e. The van der Waals surface area contributed by atoms with Gasteiger partial charge in [0.1, 0.15) is 13.2 Å². The van der Waals surface area contributed by atoms with Crippen LogP contribution in [0.2, 0.25) is 0 Å². The smallest absolute Gasteiger partial charge is 0.391 e. The van der Waals surface area contributed by atoms with Crippen LogP contribution < -0.4 is 5.32 Å². The van der Waals surface area contributed by atoms with Crippen LogP contribution in [0.3, 0.4) is 0 Å². The van der Waals surface area contributed by atoms with Gasteiger partial charge in [0, 0.05) is 6.42 Å². The predicted octanol–water partition coefficient (Wildman–Crippen LogP) is 19.8.